The highest BCUT2D eigenvalue weighted by molar-refractivity contribution is 5.45. The van der Waals surface area contributed by atoms with E-state index in [2.05, 4.69) is 0 Å². The second-order valence-electron chi connectivity index (χ2n) is 2.91. The minimum atomic E-state index is -0.794. The van der Waals surface area contributed by atoms with Gasteiger partial charge in [0.15, 0.2) is 11.6 Å². The van der Waals surface area contributed by atoms with Gasteiger partial charge < -0.3 is 10.2 Å². The first-order valence-electron chi connectivity index (χ1n) is 4.21. The normalized spacial score (nSPS) is 9.79. The predicted molar refractivity (Wildman–Crippen MR) is 48.2 cm³/mol. The summed E-state index contributed by atoms with van der Waals surface area (Å²) in [5.41, 5.74) is 0.531. The van der Waals surface area contributed by atoms with Crippen molar-refractivity contribution in [1.29, 1.82) is 5.26 Å². The van der Waals surface area contributed by atoms with Crippen molar-refractivity contribution >= 4 is 0 Å². The minimum absolute atomic E-state index is 0.0182. The summed E-state index contributed by atoms with van der Waals surface area (Å²) in [6.07, 6.45) is 0.997. The van der Waals surface area contributed by atoms with Crippen molar-refractivity contribution < 1.29 is 14.6 Å². The molecule has 1 aromatic carbocycles. The zero-order chi connectivity index (χ0) is 10.6. The van der Waals surface area contributed by atoms with Crippen LogP contribution < -0.4 is 0 Å². The Balaban J connectivity index is 2.99. The van der Waals surface area contributed by atoms with Crippen molar-refractivity contribution in [2.24, 2.45) is 0 Å². The largest absolute Gasteiger partial charge is 0.504 e. The maximum absolute atomic E-state index is 13.0. The fourth-order valence-corrected chi connectivity index (χ4v) is 1.17. The lowest BCUT2D eigenvalue weighted by Crippen LogP contribution is -1.93. The van der Waals surface area contributed by atoms with Gasteiger partial charge in [-0.05, 0) is 30.5 Å². The summed E-state index contributed by atoms with van der Waals surface area (Å²) < 4.78 is 13.0. The molecule has 0 unspecified atom stereocenters. The number of nitrogens with zero attached hydrogens (tertiary/aromatic N) is 1. The van der Waals surface area contributed by atoms with Gasteiger partial charge in [0.25, 0.3) is 0 Å². The SMILES string of the molecule is N#Cc1cc(CCCO)cc(F)c1O. The fourth-order valence-electron chi connectivity index (χ4n) is 1.17. The maximum atomic E-state index is 13.0. The molecule has 0 radical (unpaired) electrons. The molecule has 0 aromatic heterocycles. The Morgan fingerprint density at radius 2 is 2.14 bits per heavy atom. The lowest BCUT2D eigenvalue weighted by atomic mass is 10.1. The molecule has 0 aliphatic heterocycles. The molecule has 0 amide bonds. The topological polar surface area (TPSA) is 64.2 Å². The number of aryl methyl sites for hydroxylation is 1. The molecule has 1 aromatic rings. The molecule has 2 N–H and O–H groups in total. The molecule has 14 heavy (non-hydrogen) atoms. The van der Waals surface area contributed by atoms with E-state index < -0.39 is 11.6 Å². The van der Waals surface area contributed by atoms with Crippen LogP contribution in [-0.2, 0) is 6.42 Å². The minimum Gasteiger partial charge on any atom is -0.504 e. The zero-order valence-electron chi connectivity index (χ0n) is 7.50. The van der Waals surface area contributed by atoms with E-state index in [4.69, 9.17) is 15.5 Å². The summed E-state index contributed by atoms with van der Waals surface area (Å²) in [6.45, 7) is 0.0182. The van der Waals surface area contributed by atoms with Crippen molar-refractivity contribution in [2.45, 2.75) is 12.8 Å². The molecule has 0 aliphatic rings. The van der Waals surface area contributed by atoms with Gasteiger partial charge in [0.2, 0.25) is 0 Å². The Kier molecular flexibility index (Phi) is 3.43. The van der Waals surface area contributed by atoms with Crippen LogP contribution in [0.2, 0.25) is 0 Å². The summed E-state index contributed by atoms with van der Waals surface area (Å²) >= 11 is 0. The fraction of sp³-hybridized carbons (Fsp3) is 0.300. The van der Waals surface area contributed by atoms with Gasteiger partial charge in [-0.3, -0.25) is 0 Å². The third kappa shape index (κ3) is 2.21. The molecule has 4 heteroatoms. The second kappa shape index (κ2) is 4.58. The smallest absolute Gasteiger partial charge is 0.169 e. The average molecular weight is 195 g/mol. The first-order chi connectivity index (χ1) is 6.69. The van der Waals surface area contributed by atoms with Gasteiger partial charge in [-0.1, -0.05) is 0 Å². The Labute approximate surface area is 81.0 Å². The lowest BCUT2D eigenvalue weighted by molar-refractivity contribution is 0.288. The van der Waals surface area contributed by atoms with E-state index in [0.717, 1.165) is 0 Å². The molecule has 74 valence electrons. The molecule has 0 aliphatic carbocycles. The Bertz CT molecular complexity index is 371. The molecule has 3 nitrogen and oxygen atoms in total. The Morgan fingerprint density at radius 1 is 1.43 bits per heavy atom. The zero-order valence-corrected chi connectivity index (χ0v) is 7.50. The van der Waals surface area contributed by atoms with Crippen LogP contribution >= 0.6 is 0 Å². The molecule has 0 fully saturated rings. The van der Waals surface area contributed by atoms with E-state index in [9.17, 15) is 4.39 Å². The van der Waals surface area contributed by atoms with Crippen molar-refractivity contribution in [3.05, 3.63) is 29.1 Å². The molecule has 0 bridgehead atoms. The first kappa shape index (κ1) is 10.5. The van der Waals surface area contributed by atoms with Gasteiger partial charge in [0.1, 0.15) is 6.07 Å². The van der Waals surface area contributed by atoms with Gasteiger partial charge >= 0.3 is 0 Å². The number of halogens is 1. The van der Waals surface area contributed by atoms with Crippen LogP contribution in [0.25, 0.3) is 0 Å². The standard InChI is InChI=1S/C10H10FNO2/c11-9-5-7(2-1-3-13)4-8(6-12)10(9)14/h4-5,13-14H,1-3H2. The number of phenols is 1. The Hall–Kier alpha value is -1.60. The van der Waals surface area contributed by atoms with Gasteiger partial charge in [0.05, 0.1) is 5.56 Å². The second-order valence-corrected chi connectivity index (χ2v) is 2.91. The van der Waals surface area contributed by atoms with Gasteiger partial charge in [-0.15, -0.1) is 0 Å². The van der Waals surface area contributed by atoms with Crippen LogP contribution in [0.3, 0.4) is 0 Å². The van der Waals surface area contributed by atoms with Crippen LogP contribution in [0.5, 0.6) is 5.75 Å². The molecule has 0 saturated heterocycles. The number of aliphatic hydroxyl groups excluding tert-OH is 1. The molecular formula is C10H10FNO2. The van der Waals surface area contributed by atoms with E-state index in [1.807, 2.05) is 0 Å². The van der Waals surface area contributed by atoms with Crippen molar-refractivity contribution in [3.63, 3.8) is 0 Å². The Morgan fingerprint density at radius 3 is 2.71 bits per heavy atom. The van der Waals surface area contributed by atoms with Crippen LogP contribution in [0.1, 0.15) is 17.5 Å². The van der Waals surface area contributed by atoms with Crippen molar-refractivity contribution in [2.75, 3.05) is 6.61 Å². The number of rotatable bonds is 3. The van der Waals surface area contributed by atoms with Crippen LogP contribution in [0.4, 0.5) is 4.39 Å². The summed E-state index contributed by atoms with van der Waals surface area (Å²) in [5.74, 6) is -1.41. The number of aliphatic hydroxyl groups is 1. The quantitative estimate of drug-likeness (QED) is 0.764. The molecule has 0 atom stereocenters. The van der Waals surface area contributed by atoms with E-state index in [0.29, 0.717) is 18.4 Å². The lowest BCUT2D eigenvalue weighted by Gasteiger charge is -2.03. The van der Waals surface area contributed by atoms with Gasteiger partial charge in [-0.2, -0.15) is 5.26 Å². The van der Waals surface area contributed by atoms with Gasteiger partial charge in [0, 0.05) is 6.61 Å². The number of benzene rings is 1. The van der Waals surface area contributed by atoms with Crippen molar-refractivity contribution in [3.8, 4) is 11.8 Å². The van der Waals surface area contributed by atoms with Crippen LogP contribution in [0, 0.1) is 17.1 Å². The summed E-state index contributed by atoms with van der Waals surface area (Å²) in [5, 5.41) is 26.2. The van der Waals surface area contributed by atoms with E-state index >= 15 is 0 Å². The van der Waals surface area contributed by atoms with E-state index in [-0.39, 0.29) is 12.2 Å². The van der Waals surface area contributed by atoms with Crippen LogP contribution in [0.15, 0.2) is 12.1 Å². The predicted octanol–water partition coefficient (Wildman–Crippen LogP) is 1.33. The summed E-state index contributed by atoms with van der Waals surface area (Å²) in [7, 11) is 0. The third-order valence-corrected chi connectivity index (χ3v) is 1.87. The number of aromatic hydroxyl groups is 1. The molecular weight excluding hydrogens is 185 g/mol. The van der Waals surface area contributed by atoms with Crippen LogP contribution in [-0.4, -0.2) is 16.8 Å². The molecule has 0 saturated carbocycles. The van der Waals surface area contributed by atoms with E-state index in [1.165, 1.54) is 12.1 Å². The summed E-state index contributed by atoms with van der Waals surface area (Å²) in [4.78, 5) is 0. The highest BCUT2D eigenvalue weighted by atomic mass is 19.1. The number of hydrogen-bond acceptors (Lipinski definition) is 3. The maximum Gasteiger partial charge on any atom is 0.169 e. The molecule has 0 spiro atoms. The highest BCUT2D eigenvalue weighted by Crippen LogP contribution is 2.22. The average Bonchev–Trinajstić information content (AvgIpc) is 2.19. The number of nitriles is 1. The first-order valence-corrected chi connectivity index (χ1v) is 4.21. The van der Waals surface area contributed by atoms with E-state index in [1.54, 1.807) is 6.07 Å². The summed E-state index contributed by atoms with van der Waals surface area (Å²) in [6, 6.07) is 4.30. The van der Waals surface area contributed by atoms with Gasteiger partial charge in [-0.25, -0.2) is 4.39 Å². The highest BCUT2D eigenvalue weighted by Gasteiger charge is 2.08. The molecule has 0 heterocycles. The van der Waals surface area contributed by atoms with Crippen molar-refractivity contribution in [1.82, 2.24) is 0 Å². The molecule has 1 rings (SSSR count). The number of hydrogen-bond donors (Lipinski definition) is 2. The monoisotopic (exact) mass is 195 g/mol. The number of phenolic OH excluding ortho intramolecular Hbond substituents is 1. The third-order valence-electron chi connectivity index (χ3n) is 1.87.